The molecule has 2 rings (SSSR count). The second kappa shape index (κ2) is 7.54. The van der Waals surface area contributed by atoms with Crippen molar-refractivity contribution in [3.05, 3.63) is 40.4 Å². The fourth-order valence-corrected chi connectivity index (χ4v) is 2.74. The van der Waals surface area contributed by atoms with E-state index in [4.69, 9.17) is 0 Å². The van der Waals surface area contributed by atoms with Crippen molar-refractivity contribution in [1.82, 2.24) is 10.2 Å². The molecule has 0 aliphatic heterocycles. The maximum absolute atomic E-state index is 12.6. The second-order valence-electron chi connectivity index (χ2n) is 5.03. The third-order valence-corrected chi connectivity index (χ3v) is 3.97. The molecule has 0 saturated carbocycles. The first-order valence-electron chi connectivity index (χ1n) is 7.17. The first-order valence-corrected chi connectivity index (χ1v) is 7.98. The molecular weight excluding hydrogens is 327 g/mol. The zero-order valence-corrected chi connectivity index (χ0v) is 13.3. The molecule has 0 saturated heterocycles. The van der Waals surface area contributed by atoms with Crippen LogP contribution in [0.1, 0.15) is 35.9 Å². The average molecular weight is 343 g/mol. The van der Waals surface area contributed by atoms with Crippen molar-refractivity contribution >= 4 is 22.4 Å². The van der Waals surface area contributed by atoms with Gasteiger partial charge in [-0.2, -0.15) is 13.2 Å². The predicted molar refractivity (Wildman–Crippen MR) is 82.3 cm³/mol. The van der Waals surface area contributed by atoms with Gasteiger partial charge in [0.25, 0.3) is 0 Å². The summed E-state index contributed by atoms with van der Waals surface area (Å²) in [5.74, 6) is -0.414. The lowest BCUT2D eigenvalue weighted by atomic mass is 10.1. The number of benzene rings is 1. The van der Waals surface area contributed by atoms with Crippen molar-refractivity contribution < 1.29 is 18.0 Å². The summed E-state index contributed by atoms with van der Waals surface area (Å²) in [5.41, 5.74) is -0.464. The van der Waals surface area contributed by atoms with E-state index >= 15 is 0 Å². The lowest BCUT2D eigenvalue weighted by molar-refractivity contribution is -0.137. The molecular formula is C15H16F3N3OS. The number of hydrogen-bond donors (Lipinski definition) is 1. The van der Waals surface area contributed by atoms with Crippen molar-refractivity contribution in [2.75, 3.05) is 5.32 Å². The molecule has 0 unspecified atom stereocenters. The number of unbranched alkanes of at least 4 members (excludes halogenated alkanes) is 1. The number of nitrogens with zero attached hydrogens (tertiary/aromatic N) is 2. The van der Waals surface area contributed by atoms with Crippen LogP contribution in [0.15, 0.2) is 24.3 Å². The number of anilines is 1. The number of nitrogens with one attached hydrogen (secondary N) is 1. The number of aryl methyl sites for hydroxylation is 1. The zero-order chi connectivity index (χ0) is 16.9. The van der Waals surface area contributed by atoms with E-state index in [9.17, 15) is 18.0 Å². The monoisotopic (exact) mass is 343 g/mol. The predicted octanol–water partition coefficient (Wildman–Crippen LogP) is 4.08. The summed E-state index contributed by atoms with van der Waals surface area (Å²) in [6, 6.07) is 4.74. The van der Waals surface area contributed by atoms with Gasteiger partial charge >= 0.3 is 6.18 Å². The van der Waals surface area contributed by atoms with Crippen LogP contribution in [0.3, 0.4) is 0 Å². The number of halogens is 3. The summed E-state index contributed by atoms with van der Waals surface area (Å²) in [7, 11) is 0. The Kier molecular flexibility index (Phi) is 5.70. The highest BCUT2D eigenvalue weighted by molar-refractivity contribution is 7.15. The molecule has 0 aliphatic carbocycles. The van der Waals surface area contributed by atoms with Gasteiger partial charge in [-0.05, 0) is 18.1 Å². The first-order chi connectivity index (χ1) is 10.9. The molecule has 0 radical (unpaired) electrons. The number of carbonyl (C=O) groups is 1. The smallest absolute Gasteiger partial charge is 0.300 e. The van der Waals surface area contributed by atoms with Crippen LogP contribution in [0.25, 0.3) is 0 Å². The molecule has 0 fully saturated rings. The Balaban J connectivity index is 1.96. The Morgan fingerprint density at radius 1 is 1.30 bits per heavy atom. The topological polar surface area (TPSA) is 54.9 Å². The van der Waals surface area contributed by atoms with Gasteiger partial charge in [-0.1, -0.05) is 42.9 Å². The summed E-state index contributed by atoms with van der Waals surface area (Å²) in [6.07, 6.45) is -1.73. The quantitative estimate of drug-likeness (QED) is 0.860. The number of alkyl halides is 3. The number of carbonyl (C=O) groups excluding carboxylic acids is 1. The average Bonchev–Trinajstić information content (AvgIpc) is 2.91. The number of amides is 1. The molecule has 2 aromatic rings. The highest BCUT2D eigenvalue weighted by Gasteiger charge is 2.30. The lowest BCUT2D eigenvalue weighted by Crippen LogP contribution is -2.15. The van der Waals surface area contributed by atoms with E-state index in [0.29, 0.717) is 10.7 Å². The zero-order valence-electron chi connectivity index (χ0n) is 12.5. The van der Waals surface area contributed by atoms with Crippen LogP contribution >= 0.6 is 11.3 Å². The molecule has 8 heteroatoms. The van der Waals surface area contributed by atoms with Crippen LogP contribution in [0.5, 0.6) is 0 Å². The van der Waals surface area contributed by atoms with Gasteiger partial charge in [0.1, 0.15) is 5.01 Å². The van der Waals surface area contributed by atoms with Gasteiger partial charge in [0.2, 0.25) is 11.0 Å². The van der Waals surface area contributed by atoms with E-state index < -0.39 is 17.6 Å². The van der Waals surface area contributed by atoms with Gasteiger partial charge in [-0.25, -0.2) is 0 Å². The van der Waals surface area contributed by atoms with Gasteiger partial charge < -0.3 is 5.32 Å². The minimum absolute atomic E-state index is 0.145. The van der Waals surface area contributed by atoms with Gasteiger partial charge in [-0.15, -0.1) is 10.2 Å². The molecule has 0 spiro atoms. The van der Waals surface area contributed by atoms with E-state index in [1.54, 1.807) is 0 Å². The SMILES string of the molecule is CCCCc1nnc(NC(=O)Cc2cccc(C(F)(F)F)c2)s1. The molecule has 1 aromatic carbocycles. The second-order valence-corrected chi connectivity index (χ2v) is 6.09. The Bertz CT molecular complexity index is 670. The third-order valence-electron chi connectivity index (χ3n) is 3.08. The molecule has 1 N–H and O–H groups in total. The fraction of sp³-hybridized carbons (Fsp3) is 0.400. The van der Waals surface area contributed by atoms with E-state index in [-0.39, 0.29) is 6.42 Å². The van der Waals surface area contributed by atoms with Crippen molar-refractivity contribution in [2.24, 2.45) is 0 Å². The number of aromatic nitrogens is 2. The standard InChI is InChI=1S/C15H16F3N3OS/c1-2-3-7-13-20-21-14(23-13)19-12(22)9-10-5-4-6-11(8-10)15(16,17)18/h4-6,8H,2-3,7,9H2,1H3,(H,19,21,22). The molecule has 0 bridgehead atoms. The highest BCUT2D eigenvalue weighted by Crippen LogP contribution is 2.29. The van der Waals surface area contributed by atoms with Gasteiger partial charge in [0.15, 0.2) is 0 Å². The molecule has 1 amide bonds. The van der Waals surface area contributed by atoms with E-state index in [1.807, 2.05) is 0 Å². The molecule has 4 nitrogen and oxygen atoms in total. The van der Waals surface area contributed by atoms with E-state index in [0.717, 1.165) is 36.4 Å². The van der Waals surface area contributed by atoms with Gasteiger partial charge in [-0.3, -0.25) is 4.79 Å². The van der Waals surface area contributed by atoms with Crippen LogP contribution in [-0.2, 0) is 23.8 Å². The molecule has 124 valence electrons. The Morgan fingerprint density at radius 2 is 2.09 bits per heavy atom. The Hall–Kier alpha value is -1.96. The fourth-order valence-electron chi connectivity index (χ4n) is 1.94. The van der Waals surface area contributed by atoms with Crippen molar-refractivity contribution in [2.45, 2.75) is 38.8 Å². The Morgan fingerprint density at radius 3 is 2.78 bits per heavy atom. The molecule has 23 heavy (non-hydrogen) atoms. The molecule has 1 heterocycles. The number of hydrogen-bond acceptors (Lipinski definition) is 4. The first kappa shape index (κ1) is 17.4. The minimum atomic E-state index is -4.42. The largest absolute Gasteiger partial charge is 0.416 e. The highest BCUT2D eigenvalue weighted by atomic mass is 32.1. The van der Waals surface area contributed by atoms with Crippen molar-refractivity contribution in [3.63, 3.8) is 0 Å². The summed E-state index contributed by atoms with van der Waals surface area (Å²) >= 11 is 1.28. The summed E-state index contributed by atoms with van der Waals surface area (Å²) in [4.78, 5) is 11.9. The van der Waals surface area contributed by atoms with Gasteiger partial charge in [0, 0.05) is 6.42 Å². The molecule has 1 aromatic heterocycles. The minimum Gasteiger partial charge on any atom is -0.300 e. The molecule has 0 atom stereocenters. The van der Waals surface area contributed by atoms with Crippen LogP contribution in [0.2, 0.25) is 0 Å². The van der Waals surface area contributed by atoms with Crippen LogP contribution in [0.4, 0.5) is 18.3 Å². The van der Waals surface area contributed by atoms with Crippen molar-refractivity contribution in [1.29, 1.82) is 0 Å². The maximum Gasteiger partial charge on any atom is 0.416 e. The van der Waals surface area contributed by atoms with E-state index in [1.165, 1.54) is 23.5 Å². The van der Waals surface area contributed by atoms with Gasteiger partial charge in [0.05, 0.1) is 12.0 Å². The van der Waals surface area contributed by atoms with Crippen LogP contribution < -0.4 is 5.32 Å². The van der Waals surface area contributed by atoms with Crippen molar-refractivity contribution in [3.8, 4) is 0 Å². The summed E-state index contributed by atoms with van der Waals surface area (Å²) < 4.78 is 37.9. The van der Waals surface area contributed by atoms with Crippen LogP contribution in [0, 0.1) is 0 Å². The Labute approximate surface area is 135 Å². The van der Waals surface area contributed by atoms with Crippen LogP contribution in [-0.4, -0.2) is 16.1 Å². The normalized spacial score (nSPS) is 11.5. The number of rotatable bonds is 6. The lowest BCUT2D eigenvalue weighted by Gasteiger charge is -2.08. The summed E-state index contributed by atoms with van der Waals surface area (Å²) in [5, 5.41) is 11.6. The maximum atomic E-state index is 12.6. The third kappa shape index (κ3) is 5.31. The summed E-state index contributed by atoms with van der Waals surface area (Å²) in [6.45, 7) is 2.07. The molecule has 0 aliphatic rings. The van der Waals surface area contributed by atoms with E-state index in [2.05, 4.69) is 22.4 Å².